The summed E-state index contributed by atoms with van der Waals surface area (Å²) in [7, 11) is 2.00. The summed E-state index contributed by atoms with van der Waals surface area (Å²) < 4.78 is 0. The van der Waals surface area contributed by atoms with Gasteiger partial charge in [0.2, 0.25) is 0 Å². The van der Waals surface area contributed by atoms with Gasteiger partial charge in [0, 0.05) is 21.6 Å². The Bertz CT molecular complexity index is 335. The summed E-state index contributed by atoms with van der Waals surface area (Å²) in [5, 5.41) is 0. The minimum Gasteiger partial charge on any atom is -0.386 e. The van der Waals surface area contributed by atoms with E-state index in [0.717, 1.165) is 25.3 Å². The lowest BCUT2D eigenvalue weighted by Crippen LogP contribution is -2.30. The largest absolute Gasteiger partial charge is 0.386 e. The average molecular weight is 418 g/mol. The molecule has 0 aromatic heterocycles. The molecule has 0 atom stereocenters. The SMILES string of the molecule is C.C/C=C(/N)N(C)CCC.C=C(C)CN1CCCCC1.CC.CC.CC(C)(C)C.[HH]. The van der Waals surface area contributed by atoms with Crippen molar-refractivity contribution in [1.82, 2.24) is 9.80 Å². The van der Waals surface area contributed by atoms with Crippen molar-refractivity contribution in [2.24, 2.45) is 11.1 Å². The predicted molar refractivity (Wildman–Crippen MR) is 143 cm³/mol. The highest BCUT2D eigenvalue weighted by molar-refractivity contribution is 4.92. The maximum Gasteiger partial charge on any atom is 0.0939 e. The molecule has 0 radical (unpaired) electrons. The van der Waals surface area contributed by atoms with Crippen LogP contribution < -0.4 is 5.73 Å². The Morgan fingerprint density at radius 2 is 1.45 bits per heavy atom. The van der Waals surface area contributed by atoms with Crippen LogP contribution in [0, 0.1) is 5.41 Å². The van der Waals surface area contributed by atoms with Crippen molar-refractivity contribution in [2.45, 2.75) is 109 Å². The monoisotopic (exact) mass is 418 g/mol. The molecule has 0 aromatic rings. The van der Waals surface area contributed by atoms with E-state index in [1.165, 1.54) is 37.9 Å². The van der Waals surface area contributed by atoms with Crippen LogP contribution in [0.2, 0.25) is 0 Å². The minimum atomic E-state index is 0. The van der Waals surface area contributed by atoms with Crippen molar-refractivity contribution in [3.63, 3.8) is 0 Å². The minimum absolute atomic E-state index is 0. The first kappa shape index (κ1) is 38.6. The van der Waals surface area contributed by atoms with E-state index < -0.39 is 0 Å². The molecule has 0 unspecified atom stereocenters. The van der Waals surface area contributed by atoms with E-state index in [2.05, 4.69) is 53.0 Å². The van der Waals surface area contributed by atoms with Crippen molar-refractivity contribution in [3.8, 4) is 0 Å². The van der Waals surface area contributed by atoms with E-state index in [1.54, 1.807) is 0 Å². The van der Waals surface area contributed by atoms with E-state index in [-0.39, 0.29) is 8.85 Å². The summed E-state index contributed by atoms with van der Waals surface area (Å²) in [6, 6.07) is 0. The summed E-state index contributed by atoms with van der Waals surface area (Å²) in [5.74, 6) is 0.858. The second kappa shape index (κ2) is 27.0. The molecule has 1 fully saturated rings. The van der Waals surface area contributed by atoms with Crippen LogP contribution in [0.3, 0.4) is 0 Å². The number of hydrogen-bond acceptors (Lipinski definition) is 3. The maximum atomic E-state index is 5.59. The topological polar surface area (TPSA) is 32.5 Å². The second-order valence-corrected chi connectivity index (χ2v) is 8.43. The van der Waals surface area contributed by atoms with E-state index in [0.29, 0.717) is 5.41 Å². The first-order valence-corrected chi connectivity index (χ1v) is 11.5. The van der Waals surface area contributed by atoms with Gasteiger partial charge in [-0.1, -0.05) is 88.3 Å². The highest BCUT2D eigenvalue weighted by atomic mass is 15.2. The fourth-order valence-electron chi connectivity index (χ4n) is 2.18. The second-order valence-electron chi connectivity index (χ2n) is 8.43. The molecule has 0 saturated carbocycles. The van der Waals surface area contributed by atoms with Crippen molar-refractivity contribution in [3.05, 3.63) is 24.0 Å². The van der Waals surface area contributed by atoms with Gasteiger partial charge in [-0.25, -0.2) is 0 Å². The predicted octanol–water partition coefficient (Wildman–Crippen LogP) is 8.18. The van der Waals surface area contributed by atoms with E-state index >= 15 is 0 Å². The molecule has 3 nitrogen and oxygen atoms in total. The van der Waals surface area contributed by atoms with Gasteiger partial charge in [0.15, 0.2) is 0 Å². The molecule has 0 amide bonds. The van der Waals surface area contributed by atoms with Crippen LogP contribution in [0.25, 0.3) is 0 Å². The Morgan fingerprint density at radius 3 is 1.72 bits per heavy atom. The number of nitrogens with zero attached hydrogens (tertiary/aromatic N) is 2. The molecule has 29 heavy (non-hydrogen) atoms. The molecule has 1 aliphatic heterocycles. The molecule has 3 heteroatoms. The summed E-state index contributed by atoms with van der Waals surface area (Å²) in [4.78, 5) is 4.53. The third-order valence-corrected chi connectivity index (χ3v) is 3.24. The van der Waals surface area contributed by atoms with Gasteiger partial charge in [-0.3, -0.25) is 4.90 Å². The summed E-state index contributed by atoms with van der Waals surface area (Å²) >= 11 is 0. The van der Waals surface area contributed by atoms with Gasteiger partial charge in [-0.2, -0.15) is 0 Å². The third-order valence-electron chi connectivity index (χ3n) is 3.24. The van der Waals surface area contributed by atoms with Crippen LogP contribution in [0.4, 0.5) is 0 Å². The summed E-state index contributed by atoms with van der Waals surface area (Å²) in [6.07, 6.45) is 7.24. The number of rotatable bonds is 5. The van der Waals surface area contributed by atoms with Crippen molar-refractivity contribution in [2.75, 3.05) is 33.2 Å². The highest BCUT2D eigenvalue weighted by Gasteiger charge is 2.08. The van der Waals surface area contributed by atoms with Crippen LogP contribution >= 0.6 is 0 Å². The fourth-order valence-corrected chi connectivity index (χ4v) is 2.18. The van der Waals surface area contributed by atoms with Crippen molar-refractivity contribution in [1.29, 1.82) is 0 Å². The Morgan fingerprint density at radius 1 is 1.07 bits per heavy atom. The van der Waals surface area contributed by atoms with Crippen molar-refractivity contribution >= 4 is 0 Å². The lowest BCUT2D eigenvalue weighted by molar-refractivity contribution is 0.247. The van der Waals surface area contributed by atoms with Gasteiger partial charge < -0.3 is 10.6 Å². The molecule has 1 rings (SSSR count). The molecular formula is C26H63N3. The Kier molecular flexibility index (Phi) is 36.0. The number of allylic oxidation sites excluding steroid dienone is 1. The zero-order valence-corrected chi connectivity index (χ0v) is 21.9. The van der Waals surface area contributed by atoms with Gasteiger partial charge >= 0.3 is 0 Å². The molecule has 1 aliphatic rings. The smallest absolute Gasteiger partial charge is 0.0939 e. The lowest BCUT2D eigenvalue weighted by Gasteiger charge is -2.26. The van der Waals surface area contributed by atoms with Crippen LogP contribution in [0.1, 0.15) is 111 Å². The summed E-state index contributed by atoms with van der Waals surface area (Å²) in [5.41, 5.74) is 7.38. The first-order valence-electron chi connectivity index (χ1n) is 11.5. The molecule has 0 aromatic carbocycles. The van der Waals surface area contributed by atoms with Crippen LogP contribution in [0.15, 0.2) is 24.0 Å². The zero-order chi connectivity index (χ0) is 23.2. The van der Waals surface area contributed by atoms with Gasteiger partial charge in [-0.15, -0.1) is 0 Å². The number of hydrogen-bond donors (Lipinski definition) is 1. The molecular weight excluding hydrogens is 354 g/mol. The normalized spacial score (nSPS) is 13.3. The van der Waals surface area contributed by atoms with Gasteiger partial charge in [0.1, 0.15) is 0 Å². The molecule has 1 heterocycles. The fraction of sp³-hybridized carbons (Fsp3) is 0.846. The highest BCUT2D eigenvalue weighted by Crippen LogP contribution is 2.09. The molecule has 0 aliphatic carbocycles. The lowest BCUT2D eigenvalue weighted by atomic mass is 10.0. The molecule has 2 N–H and O–H groups in total. The van der Waals surface area contributed by atoms with Crippen LogP contribution in [-0.2, 0) is 0 Å². The van der Waals surface area contributed by atoms with Crippen molar-refractivity contribution < 1.29 is 1.43 Å². The molecule has 182 valence electrons. The molecule has 0 bridgehead atoms. The Hall–Kier alpha value is -0.960. The third kappa shape index (κ3) is 42.2. The van der Waals surface area contributed by atoms with E-state index in [4.69, 9.17) is 5.73 Å². The number of likely N-dealkylation sites (tertiary alicyclic amines) is 1. The standard InChI is InChI=1S/C9H17N.C7H16N2.C5H12.2C2H6.CH4.H2/c1-9(2)8-10-6-4-3-5-7-10;1-4-6-9(3)7(8)5-2;1-5(2,3)4;2*1-2;;/h1,3-8H2,2H3;5H,4,6,8H2,1-3H3;1-4H3;2*1-2H3;1H4;1H/b;7-5-;;;;;. The van der Waals surface area contributed by atoms with Gasteiger partial charge in [0.25, 0.3) is 0 Å². The van der Waals surface area contributed by atoms with Crippen LogP contribution in [0.5, 0.6) is 0 Å². The molecule has 0 spiro atoms. The number of nitrogens with two attached hydrogens (primary N) is 1. The maximum absolute atomic E-state index is 5.59. The first-order chi connectivity index (χ1) is 13.0. The van der Waals surface area contributed by atoms with E-state index in [1.807, 2.05) is 52.6 Å². The Labute approximate surface area is 189 Å². The summed E-state index contributed by atoms with van der Waals surface area (Å²) in [6.45, 7) is 31.6. The van der Waals surface area contributed by atoms with Crippen LogP contribution in [-0.4, -0.2) is 43.0 Å². The number of piperidine rings is 1. The molecule has 1 saturated heterocycles. The quantitative estimate of drug-likeness (QED) is 0.457. The zero-order valence-electron chi connectivity index (χ0n) is 21.9. The Balaban J connectivity index is -0.0000000667. The average Bonchev–Trinajstić information content (AvgIpc) is 2.64. The van der Waals surface area contributed by atoms with Gasteiger partial charge in [-0.05, 0) is 57.7 Å². The van der Waals surface area contributed by atoms with Gasteiger partial charge in [0.05, 0.1) is 5.82 Å². The van der Waals surface area contributed by atoms with E-state index in [9.17, 15) is 0 Å².